The van der Waals surface area contributed by atoms with Gasteiger partial charge in [0.1, 0.15) is 11.2 Å². The Morgan fingerprint density at radius 2 is 0.911 bits per heavy atom. The molecule has 0 N–H and O–H groups in total. The molecule has 0 atom stereocenters. The van der Waals surface area contributed by atoms with E-state index in [9.17, 15) is 0 Å². The number of anilines is 3. The van der Waals surface area contributed by atoms with Gasteiger partial charge < -0.3 is 9.32 Å². The Labute approximate surface area is 325 Å². The van der Waals surface area contributed by atoms with E-state index in [4.69, 9.17) is 4.42 Å². The smallest absolute Gasteiger partial charge is 0.143 e. The van der Waals surface area contributed by atoms with E-state index in [1.807, 2.05) is 12.1 Å². The van der Waals surface area contributed by atoms with E-state index in [0.29, 0.717) is 0 Å². The quantitative estimate of drug-likeness (QED) is 0.160. The molecule has 0 saturated heterocycles. The molecule has 0 aliphatic carbocycles. The van der Waals surface area contributed by atoms with Gasteiger partial charge in [0.05, 0.1) is 5.69 Å². The highest BCUT2D eigenvalue weighted by Gasteiger charge is 2.20. The molecule has 10 aromatic carbocycles. The molecule has 0 amide bonds. The number of para-hydroxylation sites is 3. The van der Waals surface area contributed by atoms with Gasteiger partial charge >= 0.3 is 0 Å². The van der Waals surface area contributed by atoms with Crippen LogP contribution in [0.2, 0.25) is 0 Å². The van der Waals surface area contributed by atoms with Crippen LogP contribution in [0, 0.1) is 0 Å². The average Bonchev–Trinajstić information content (AvgIpc) is 3.66. The lowest BCUT2D eigenvalue weighted by Crippen LogP contribution is -2.11. The molecule has 0 spiro atoms. The zero-order valence-electron chi connectivity index (χ0n) is 30.6. The Morgan fingerprint density at radius 1 is 0.304 bits per heavy atom. The van der Waals surface area contributed by atoms with Crippen molar-refractivity contribution in [1.82, 2.24) is 0 Å². The molecule has 0 aliphatic rings. The topological polar surface area (TPSA) is 16.4 Å². The molecule has 1 heterocycles. The predicted octanol–water partition coefficient (Wildman–Crippen LogP) is 15.5. The van der Waals surface area contributed by atoms with Crippen molar-refractivity contribution in [2.24, 2.45) is 0 Å². The van der Waals surface area contributed by atoms with Crippen LogP contribution in [-0.4, -0.2) is 0 Å². The van der Waals surface area contributed by atoms with Gasteiger partial charge in [-0.05, 0) is 97.0 Å². The second kappa shape index (κ2) is 13.2. The summed E-state index contributed by atoms with van der Waals surface area (Å²) >= 11 is 0. The maximum Gasteiger partial charge on any atom is 0.143 e. The molecule has 0 aliphatic heterocycles. The minimum absolute atomic E-state index is 0.905. The highest BCUT2D eigenvalue weighted by molar-refractivity contribution is 6.14. The van der Waals surface area contributed by atoms with Gasteiger partial charge in [0.25, 0.3) is 0 Å². The molecule has 0 bridgehead atoms. The minimum atomic E-state index is 0.905. The first-order chi connectivity index (χ1) is 27.8. The van der Waals surface area contributed by atoms with E-state index in [2.05, 4.69) is 205 Å². The third-order valence-corrected chi connectivity index (χ3v) is 11.2. The average molecular weight is 714 g/mol. The van der Waals surface area contributed by atoms with E-state index in [0.717, 1.165) is 50.1 Å². The maximum atomic E-state index is 6.46. The summed E-state index contributed by atoms with van der Waals surface area (Å²) in [4.78, 5) is 2.41. The maximum absolute atomic E-state index is 6.46. The SMILES string of the molecule is c1cc(-c2cc3ccccc3c3ccccc23)cc(N(c2ccc(-c3cccc4c3oc3ccccc34)cc2)c2ccccc2-c2cccc3ccccc23)c1. The normalized spacial score (nSPS) is 11.6. The standard InChI is InChI=1S/C54H35NO/c1-3-19-42-36(14-1)16-12-26-46(42)48-23-7-9-28-52(48)55(40-32-30-37(31-33-40)44-25-13-27-50-49-24-8-10-29-53(49)56-54(44)50)41-18-11-17-38(34-41)51-35-39-15-2-4-20-43(39)45-21-5-6-22-47(45)51/h1-35H. The summed E-state index contributed by atoms with van der Waals surface area (Å²) in [7, 11) is 0. The summed E-state index contributed by atoms with van der Waals surface area (Å²) in [5.41, 5.74) is 12.0. The lowest BCUT2D eigenvalue weighted by molar-refractivity contribution is 0.670. The number of benzene rings is 10. The van der Waals surface area contributed by atoms with Crippen molar-refractivity contribution in [2.75, 3.05) is 4.90 Å². The zero-order chi connectivity index (χ0) is 37.0. The van der Waals surface area contributed by atoms with Crippen molar-refractivity contribution >= 4 is 71.3 Å². The molecular weight excluding hydrogens is 679 g/mol. The van der Waals surface area contributed by atoms with E-state index in [1.165, 1.54) is 54.6 Å². The number of furan rings is 1. The molecular formula is C54H35NO. The molecule has 2 heteroatoms. The van der Waals surface area contributed by atoms with Gasteiger partial charge in [0.2, 0.25) is 0 Å². The Kier molecular flexibility index (Phi) is 7.53. The van der Waals surface area contributed by atoms with Crippen LogP contribution in [0.5, 0.6) is 0 Å². The summed E-state index contributed by atoms with van der Waals surface area (Å²) < 4.78 is 6.46. The van der Waals surface area contributed by atoms with Gasteiger partial charge in [-0.15, -0.1) is 0 Å². The Morgan fingerprint density at radius 3 is 1.79 bits per heavy atom. The van der Waals surface area contributed by atoms with Crippen LogP contribution in [0.25, 0.3) is 87.6 Å². The molecule has 2 nitrogen and oxygen atoms in total. The van der Waals surface area contributed by atoms with Crippen molar-refractivity contribution in [2.45, 2.75) is 0 Å². The first kappa shape index (κ1) is 32.0. The summed E-state index contributed by atoms with van der Waals surface area (Å²) in [6, 6.07) is 76.5. The fourth-order valence-corrected chi connectivity index (χ4v) is 8.65. The summed E-state index contributed by atoms with van der Waals surface area (Å²) in [6.45, 7) is 0. The van der Waals surface area contributed by atoms with E-state index < -0.39 is 0 Å². The molecule has 0 fully saturated rings. The number of rotatable bonds is 6. The van der Waals surface area contributed by atoms with Crippen LogP contribution in [-0.2, 0) is 0 Å². The lowest BCUT2D eigenvalue weighted by Gasteiger charge is -2.29. The van der Waals surface area contributed by atoms with Gasteiger partial charge in [0.15, 0.2) is 0 Å². The summed E-state index contributed by atoms with van der Waals surface area (Å²) in [6.07, 6.45) is 0. The Bertz CT molecular complexity index is 3260. The highest BCUT2D eigenvalue weighted by atomic mass is 16.3. The number of nitrogens with zero attached hydrogens (tertiary/aromatic N) is 1. The molecule has 11 aromatic rings. The second-order valence-electron chi connectivity index (χ2n) is 14.4. The van der Waals surface area contributed by atoms with E-state index in [-0.39, 0.29) is 0 Å². The summed E-state index contributed by atoms with van der Waals surface area (Å²) in [5.74, 6) is 0. The lowest BCUT2D eigenvalue weighted by atomic mass is 9.93. The monoisotopic (exact) mass is 713 g/mol. The number of hydrogen-bond donors (Lipinski definition) is 0. The number of fused-ring (bicyclic) bond motifs is 7. The first-order valence-corrected chi connectivity index (χ1v) is 19.2. The number of hydrogen-bond acceptors (Lipinski definition) is 2. The molecule has 1 aromatic heterocycles. The van der Waals surface area contributed by atoms with E-state index >= 15 is 0 Å². The van der Waals surface area contributed by atoms with Crippen LogP contribution in [0.4, 0.5) is 17.1 Å². The van der Waals surface area contributed by atoms with Gasteiger partial charge in [-0.1, -0.05) is 170 Å². The van der Waals surface area contributed by atoms with Crippen molar-refractivity contribution < 1.29 is 4.42 Å². The van der Waals surface area contributed by atoms with Gasteiger partial charge in [-0.3, -0.25) is 0 Å². The molecule has 0 radical (unpaired) electrons. The van der Waals surface area contributed by atoms with Crippen LogP contribution < -0.4 is 4.90 Å². The van der Waals surface area contributed by atoms with Crippen LogP contribution in [0.1, 0.15) is 0 Å². The second-order valence-corrected chi connectivity index (χ2v) is 14.4. The zero-order valence-corrected chi connectivity index (χ0v) is 30.6. The largest absolute Gasteiger partial charge is 0.455 e. The van der Waals surface area contributed by atoms with Crippen LogP contribution in [0.15, 0.2) is 217 Å². The fraction of sp³-hybridized carbons (Fsp3) is 0. The van der Waals surface area contributed by atoms with Gasteiger partial charge in [-0.25, -0.2) is 0 Å². The van der Waals surface area contributed by atoms with Crippen LogP contribution >= 0.6 is 0 Å². The molecule has 0 unspecified atom stereocenters. The van der Waals surface area contributed by atoms with Crippen molar-refractivity contribution in [3.8, 4) is 33.4 Å². The third kappa shape index (κ3) is 5.26. The first-order valence-electron chi connectivity index (χ1n) is 19.2. The van der Waals surface area contributed by atoms with Crippen molar-refractivity contribution in [3.63, 3.8) is 0 Å². The minimum Gasteiger partial charge on any atom is -0.455 e. The molecule has 262 valence electrons. The van der Waals surface area contributed by atoms with E-state index in [1.54, 1.807) is 0 Å². The Hall–Kier alpha value is -7.42. The van der Waals surface area contributed by atoms with Crippen LogP contribution in [0.3, 0.4) is 0 Å². The molecule has 0 saturated carbocycles. The van der Waals surface area contributed by atoms with Gasteiger partial charge in [0, 0.05) is 33.3 Å². The molecule has 11 rings (SSSR count). The predicted molar refractivity (Wildman–Crippen MR) is 237 cm³/mol. The highest BCUT2D eigenvalue weighted by Crippen LogP contribution is 2.45. The Balaban J connectivity index is 1.11. The molecule has 56 heavy (non-hydrogen) atoms. The fourth-order valence-electron chi connectivity index (χ4n) is 8.65. The third-order valence-electron chi connectivity index (χ3n) is 11.2. The van der Waals surface area contributed by atoms with Crippen molar-refractivity contribution in [1.29, 1.82) is 0 Å². The van der Waals surface area contributed by atoms with Crippen molar-refractivity contribution in [3.05, 3.63) is 212 Å². The van der Waals surface area contributed by atoms with Gasteiger partial charge in [-0.2, -0.15) is 0 Å². The summed E-state index contributed by atoms with van der Waals surface area (Å²) in [5, 5.41) is 9.73.